The van der Waals surface area contributed by atoms with E-state index in [9.17, 15) is 4.39 Å². The minimum Gasteiger partial charge on any atom is -0.316 e. The third kappa shape index (κ3) is 4.20. The highest BCUT2D eigenvalue weighted by molar-refractivity contribution is 6.31. The molecule has 0 aromatic heterocycles. The Morgan fingerprint density at radius 2 is 1.85 bits per heavy atom. The van der Waals surface area contributed by atoms with Crippen molar-refractivity contribution in [3.8, 4) is 0 Å². The summed E-state index contributed by atoms with van der Waals surface area (Å²) in [7, 11) is 2.01. The van der Waals surface area contributed by atoms with Crippen molar-refractivity contribution in [2.24, 2.45) is 5.92 Å². The van der Waals surface area contributed by atoms with Crippen LogP contribution in [0.25, 0.3) is 0 Å². The van der Waals surface area contributed by atoms with Gasteiger partial charge in [-0.25, -0.2) is 4.39 Å². The van der Waals surface area contributed by atoms with Gasteiger partial charge in [0.05, 0.1) is 5.02 Å². The van der Waals surface area contributed by atoms with Crippen LogP contribution in [0, 0.1) is 11.7 Å². The molecule has 1 saturated carbocycles. The van der Waals surface area contributed by atoms with E-state index in [1.807, 2.05) is 13.1 Å². The van der Waals surface area contributed by atoms with Gasteiger partial charge in [0, 0.05) is 6.04 Å². The van der Waals surface area contributed by atoms with E-state index in [2.05, 4.69) is 5.32 Å². The fourth-order valence-corrected chi connectivity index (χ4v) is 3.54. The number of likely N-dealkylation sites (N-methyl/N-ethyl adjacent to an activating group) is 1. The Morgan fingerprint density at radius 1 is 1.20 bits per heavy atom. The van der Waals surface area contributed by atoms with Gasteiger partial charge in [-0.05, 0) is 43.9 Å². The van der Waals surface area contributed by atoms with E-state index in [-0.39, 0.29) is 5.82 Å². The fraction of sp³-hybridized carbons (Fsp3) is 0.647. The second-order valence-electron chi connectivity index (χ2n) is 5.92. The molecule has 1 aromatic rings. The van der Waals surface area contributed by atoms with Crippen molar-refractivity contribution in [3.05, 3.63) is 34.6 Å². The molecule has 20 heavy (non-hydrogen) atoms. The quantitative estimate of drug-likeness (QED) is 0.827. The molecule has 0 radical (unpaired) electrons. The molecule has 1 atom stereocenters. The zero-order chi connectivity index (χ0) is 14.4. The first kappa shape index (κ1) is 15.8. The molecule has 1 nitrogen and oxygen atoms in total. The van der Waals surface area contributed by atoms with E-state index < -0.39 is 0 Å². The molecule has 0 heterocycles. The Morgan fingerprint density at radius 3 is 2.50 bits per heavy atom. The van der Waals surface area contributed by atoms with Gasteiger partial charge in [-0.3, -0.25) is 0 Å². The predicted molar refractivity (Wildman–Crippen MR) is 83.8 cm³/mol. The highest BCUT2D eigenvalue weighted by atomic mass is 35.5. The molecule has 1 N–H and O–H groups in total. The van der Waals surface area contributed by atoms with E-state index in [1.54, 1.807) is 6.07 Å². The molecule has 1 aliphatic rings. The largest absolute Gasteiger partial charge is 0.316 e. The molecule has 1 unspecified atom stereocenters. The highest BCUT2D eigenvalue weighted by Gasteiger charge is 2.22. The molecule has 0 aliphatic heterocycles. The Labute approximate surface area is 126 Å². The minimum atomic E-state index is -0.309. The van der Waals surface area contributed by atoms with Crippen molar-refractivity contribution < 1.29 is 4.39 Å². The lowest BCUT2D eigenvalue weighted by Gasteiger charge is -2.29. The smallest absolute Gasteiger partial charge is 0.142 e. The maximum absolute atomic E-state index is 13.5. The summed E-state index contributed by atoms with van der Waals surface area (Å²) in [6.07, 6.45) is 10.1. The van der Waals surface area contributed by atoms with Crippen LogP contribution in [0.15, 0.2) is 18.2 Å². The van der Waals surface area contributed by atoms with Gasteiger partial charge in [0.1, 0.15) is 5.82 Å². The molecule has 0 amide bonds. The molecule has 1 aromatic carbocycles. The first-order chi connectivity index (χ1) is 9.72. The van der Waals surface area contributed by atoms with Gasteiger partial charge in [-0.1, -0.05) is 55.8 Å². The average Bonchev–Trinajstić information content (AvgIpc) is 2.41. The van der Waals surface area contributed by atoms with Gasteiger partial charge < -0.3 is 5.32 Å². The summed E-state index contributed by atoms with van der Waals surface area (Å²) in [6, 6.07) is 5.52. The summed E-state index contributed by atoms with van der Waals surface area (Å²) in [6.45, 7) is 0. The normalized spacial score (nSPS) is 19.4. The van der Waals surface area contributed by atoms with E-state index in [0.717, 1.165) is 12.0 Å². The number of nitrogens with one attached hydrogen (secondary N) is 1. The molecule has 3 heteroatoms. The first-order valence-corrected chi connectivity index (χ1v) is 8.20. The van der Waals surface area contributed by atoms with Crippen LogP contribution in [0.1, 0.15) is 50.5 Å². The standard InChI is InChI=1S/C17H25ClFN/c1-20-16(13-8-5-3-2-4-6-9-13)12-14-10-7-11-15(19)17(14)18/h7,10-11,13,16,20H,2-6,8-9,12H2,1H3. The van der Waals surface area contributed by atoms with Crippen LogP contribution >= 0.6 is 11.6 Å². The van der Waals surface area contributed by atoms with Gasteiger partial charge in [-0.2, -0.15) is 0 Å². The van der Waals surface area contributed by atoms with Crippen molar-refractivity contribution in [2.45, 2.75) is 57.4 Å². The number of rotatable bonds is 4. The van der Waals surface area contributed by atoms with Gasteiger partial charge in [-0.15, -0.1) is 0 Å². The van der Waals surface area contributed by atoms with Crippen molar-refractivity contribution in [3.63, 3.8) is 0 Å². The second-order valence-corrected chi connectivity index (χ2v) is 6.30. The lowest BCUT2D eigenvalue weighted by Crippen LogP contribution is -2.36. The van der Waals surface area contributed by atoms with Gasteiger partial charge in [0.25, 0.3) is 0 Å². The number of halogens is 2. The van der Waals surface area contributed by atoms with Crippen LogP contribution < -0.4 is 5.32 Å². The third-order valence-corrected chi connectivity index (χ3v) is 4.98. The Bertz CT molecular complexity index is 413. The fourth-order valence-electron chi connectivity index (χ4n) is 3.34. The van der Waals surface area contributed by atoms with Crippen molar-refractivity contribution in [1.82, 2.24) is 5.32 Å². The van der Waals surface area contributed by atoms with Crippen molar-refractivity contribution >= 4 is 11.6 Å². The maximum atomic E-state index is 13.5. The first-order valence-electron chi connectivity index (χ1n) is 7.82. The SMILES string of the molecule is CNC(Cc1cccc(F)c1Cl)C1CCCCCCC1. The Balaban J connectivity index is 2.05. The average molecular weight is 298 g/mol. The summed E-state index contributed by atoms with van der Waals surface area (Å²) < 4.78 is 13.5. The molecule has 0 saturated heterocycles. The summed E-state index contributed by atoms with van der Waals surface area (Å²) in [4.78, 5) is 0. The van der Waals surface area contributed by atoms with Gasteiger partial charge >= 0.3 is 0 Å². The minimum absolute atomic E-state index is 0.290. The zero-order valence-electron chi connectivity index (χ0n) is 12.3. The third-order valence-electron chi connectivity index (χ3n) is 4.56. The van der Waals surface area contributed by atoms with Crippen LogP contribution in [0.4, 0.5) is 4.39 Å². The number of hydrogen-bond acceptors (Lipinski definition) is 1. The monoisotopic (exact) mass is 297 g/mol. The second kappa shape index (κ2) is 7.99. The van der Waals surface area contributed by atoms with Gasteiger partial charge in [0.2, 0.25) is 0 Å². The summed E-state index contributed by atoms with van der Waals surface area (Å²) in [5.41, 5.74) is 0.924. The summed E-state index contributed by atoms with van der Waals surface area (Å²) >= 11 is 6.09. The van der Waals surface area contributed by atoms with Crippen LogP contribution in [-0.4, -0.2) is 13.1 Å². The molecule has 0 spiro atoms. The number of benzene rings is 1. The van der Waals surface area contributed by atoms with Crippen LogP contribution in [-0.2, 0) is 6.42 Å². The molecule has 1 fully saturated rings. The zero-order valence-corrected chi connectivity index (χ0v) is 13.1. The predicted octanol–water partition coefficient (Wildman–Crippen LogP) is 4.97. The lowest BCUT2D eigenvalue weighted by atomic mass is 9.83. The summed E-state index contributed by atoms with van der Waals surface area (Å²) in [5.74, 6) is 0.372. The van der Waals surface area contributed by atoms with Crippen LogP contribution in [0.5, 0.6) is 0 Å². The lowest BCUT2D eigenvalue weighted by molar-refractivity contribution is 0.293. The number of hydrogen-bond donors (Lipinski definition) is 1. The van der Waals surface area contributed by atoms with Crippen molar-refractivity contribution in [2.75, 3.05) is 7.05 Å². The molecular weight excluding hydrogens is 273 g/mol. The molecular formula is C17H25ClFN. The maximum Gasteiger partial charge on any atom is 0.142 e. The molecule has 112 valence electrons. The molecule has 1 aliphatic carbocycles. The van der Waals surface area contributed by atoms with E-state index in [1.165, 1.54) is 51.0 Å². The summed E-state index contributed by atoms with van der Waals surface area (Å²) in [5, 5.41) is 3.72. The van der Waals surface area contributed by atoms with Crippen LogP contribution in [0.3, 0.4) is 0 Å². The molecule has 2 rings (SSSR count). The van der Waals surface area contributed by atoms with E-state index >= 15 is 0 Å². The highest BCUT2D eigenvalue weighted by Crippen LogP contribution is 2.28. The topological polar surface area (TPSA) is 12.0 Å². The van der Waals surface area contributed by atoms with Crippen LogP contribution in [0.2, 0.25) is 5.02 Å². The Kier molecular flexibility index (Phi) is 6.31. The van der Waals surface area contributed by atoms with E-state index in [0.29, 0.717) is 17.0 Å². The van der Waals surface area contributed by atoms with E-state index in [4.69, 9.17) is 11.6 Å². The van der Waals surface area contributed by atoms with Crippen molar-refractivity contribution in [1.29, 1.82) is 0 Å². The Hall–Kier alpha value is -0.600. The van der Waals surface area contributed by atoms with Gasteiger partial charge in [0.15, 0.2) is 0 Å². The molecule has 0 bridgehead atoms.